The minimum atomic E-state index is -0.682. The Morgan fingerprint density at radius 2 is 2.11 bits per heavy atom. The van der Waals surface area contributed by atoms with Crippen LogP contribution in [0.4, 0.5) is 0 Å². The fourth-order valence-corrected chi connectivity index (χ4v) is 1.58. The van der Waals surface area contributed by atoms with Crippen LogP contribution in [0, 0.1) is 15.5 Å². The van der Waals surface area contributed by atoms with Gasteiger partial charge >= 0.3 is 0 Å². The van der Waals surface area contributed by atoms with Crippen LogP contribution in [0.5, 0.6) is 0 Å². The van der Waals surface area contributed by atoms with E-state index in [2.05, 4.69) is 5.32 Å². The molecule has 0 spiro atoms. The van der Waals surface area contributed by atoms with Gasteiger partial charge < -0.3 is 22.5 Å². The van der Waals surface area contributed by atoms with Gasteiger partial charge in [0.1, 0.15) is 0 Å². The highest BCUT2D eigenvalue weighted by Crippen LogP contribution is 1.98. The number of rotatable bonds is 11. The van der Waals surface area contributed by atoms with Crippen LogP contribution >= 0.6 is 0 Å². The molecule has 0 amide bonds. The van der Waals surface area contributed by atoms with Crippen LogP contribution in [0.15, 0.2) is 0 Å². The Labute approximate surface area is 113 Å². The van der Waals surface area contributed by atoms with Crippen molar-refractivity contribution in [3.8, 4) is 0 Å². The number of nitro groups is 1. The summed E-state index contributed by atoms with van der Waals surface area (Å²) in [6.07, 6.45) is 3.16. The van der Waals surface area contributed by atoms with E-state index in [4.69, 9.17) is 22.6 Å². The molecule has 0 saturated carbocycles. The second-order valence-corrected chi connectivity index (χ2v) is 4.35. The number of hydrogen-bond acceptors (Lipinski definition) is 6. The molecule has 9 nitrogen and oxygen atoms in total. The van der Waals surface area contributed by atoms with E-state index < -0.39 is 11.0 Å². The Kier molecular flexibility index (Phi) is 9.67. The van der Waals surface area contributed by atoms with Gasteiger partial charge in [-0.1, -0.05) is 5.01 Å². The third-order valence-corrected chi connectivity index (χ3v) is 2.63. The molecule has 0 heterocycles. The van der Waals surface area contributed by atoms with Gasteiger partial charge in [0.15, 0.2) is 5.03 Å². The van der Waals surface area contributed by atoms with E-state index in [1.807, 2.05) is 0 Å². The molecule has 19 heavy (non-hydrogen) atoms. The maximum Gasteiger partial charge on any atom is 0.251 e. The fourth-order valence-electron chi connectivity index (χ4n) is 1.58. The first-order valence-corrected chi connectivity index (χ1v) is 6.41. The van der Waals surface area contributed by atoms with E-state index in [9.17, 15) is 10.1 Å². The van der Waals surface area contributed by atoms with E-state index in [0.29, 0.717) is 30.9 Å². The second-order valence-electron chi connectivity index (χ2n) is 4.35. The predicted molar refractivity (Wildman–Crippen MR) is 74.0 cm³/mol. The minimum Gasteiger partial charge on any atom is -0.365 e. The summed E-state index contributed by atoms with van der Waals surface area (Å²) < 4.78 is 0. The number of hydrazine groups is 1. The van der Waals surface area contributed by atoms with E-state index in [-0.39, 0.29) is 12.6 Å². The first kappa shape index (κ1) is 17.6. The van der Waals surface area contributed by atoms with Crippen molar-refractivity contribution in [3.63, 3.8) is 0 Å². The standard InChI is InChI=1S/C10H25N7O2/c11-5-1-2-6-15-8-9(12)4-3-7-16(10(13)14)17(18)19/h9,15H,1-8,11-12H2,(H3,13,14). The molecule has 112 valence electrons. The zero-order chi connectivity index (χ0) is 14.7. The van der Waals surface area contributed by atoms with E-state index in [1.54, 1.807) is 0 Å². The third-order valence-electron chi connectivity index (χ3n) is 2.63. The zero-order valence-electron chi connectivity index (χ0n) is 11.2. The lowest BCUT2D eigenvalue weighted by Gasteiger charge is -2.15. The Morgan fingerprint density at radius 1 is 1.42 bits per heavy atom. The summed E-state index contributed by atoms with van der Waals surface area (Å²) in [5, 5.41) is 20.7. The first-order chi connectivity index (χ1) is 8.99. The molecule has 8 N–H and O–H groups in total. The summed E-state index contributed by atoms with van der Waals surface area (Å²) in [4.78, 5) is 10.5. The molecule has 0 radical (unpaired) electrons. The topological polar surface area (TPSA) is 160 Å². The van der Waals surface area contributed by atoms with Crippen molar-refractivity contribution in [2.24, 2.45) is 17.2 Å². The van der Waals surface area contributed by atoms with Gasteiger partial charge in [0.25, 0.3) is 5.96 Å². The number of hydrogen-bond donors (Lipinski definition) is 5. The van der Waals surface area contributed by atoms with E-state index in [1.165, 1.54) is 0 Å². The quantitative estimate of drug-likeness (QED) is 0.104. The van der Waals surface area contributed by atoms with E-state index in [0.717, 1.165) is 19.4 Å². The Morgan fingerprint density at radius 3 is 2.63 bits per heavy atom. The summed E-state index contributed by atoms with van der Waals surface area (Å²) in [6.45, 7) is 2.33. The molecular weight excluding hydrogens is 250 g/mol. The average molecular weight is 275 g/mol. The van der Waals surface area contributed by atoms with Crippen molar-refractivity contribution in [1.29, 1.82) is 5.41 Å². The van der Waals surface area contributed by atoms with Gasteiger partial charge in [0.2, 0.25) is 0 Å². The summed E-state index contributed by atoms with van der Waals surface area (Å²) in [6, 6.07) is -0.0570. The molecule has 0 aliphatic carbocycles. The number of nitrogens with two attached hydrogens (primary N) is 3. The highest BCUT2D eigenvalue weighted by Gasteiger charge is 2.17. The van der Waals surface area contributed by atoms with Crippen molar-refractivity contribution in [2.45, 2.75) is 31.7 Å². The van der Waals surface area contributed by atoms with Crippen LogP contribution in [0.3, 0.4) is 0 Å². The molecule has 0 aliphatic rings. The molecule has 0 fully saturated rings. The molecule has 0 rings (SSSR count). The molecule has 0 saturated heterocycles. The number of unbranched alkanes of at least 4 members (excludes halogenated alkanes) is 1. The highest BCUT2D eigenvalue weighted by atomic mass is 16.7. The Bertz CT molecular complexity index is 261. The molecule has 0 aromatic rings. The smallest absolute Gasteiger partial charge is 0.251 e. The van der Waals surface area contributed by atoms with Gasteiger partial charge in [-0.2, -0.15) is 0 Å². The maximum absolute atomic E-state index is 10.5. The second kappa shape index (κ2) is 10.5. The first-order valence-electron chi connectivity index (χ1n) is 6.41. The highest BCUT2D eigenvalue weighted by molar-refractivity contribution is 5.73. The van der Waals surface area contributed by atoms with Gasteiger partial charge in [0, 0.05) is 12.6 Å². The lowest BCUT2D eigenvalue weighted by atomic mass is 10.1. The van der Waals surface area contributed by atoms with E-state index >= 15 is 0 Å². The lowest BCUT2D eigenvalue weighted by molar-refractivity contribution is -0.629. The molecule has 1 atom stereocenters. The van der Waals surface area contributed by atoms with Crippen molar-refractivity contribution < 1.29 is 5.03 Å². The average Bonchev–Trinajstić information content (AvgIpc) is 2.33. The maximum atomic E-state index is 10.5. The molecular formula is C10H25N7O2. The summed E-state index contributed by atoms with van der Waals surface area (Å²) in [5.41, 5.74) is 16.3. The van der Waals surface area contributed by atoms with Crippen LogP contribution in [0.1, 0.15) is 25.7 Å². The third kappa shape index (κ3) is 9.17. The van der Waals surface area contributed by atoms with Gasteiger partial charge in [-0.3, -0.25) is 5.41 Å². The molecule has 1 unspecified atom stereocenters. The fraction of sp³-hybridized carbons (Fsp3) is 0.900. The number of guanidine groups is 1. The van der Waals surface area contributed by atoms with Crippen molar-refractivity contribution >= 4 is 5.96 Å². The van der Waals surface area contributed by atoms with Crippen LogP contribution in [0.2, 0.25) is 0 Å². The van der Waals surface area contributed by atoms with Crippen molar-refractivity contribution in [3.05, 3.63) is 10.1 Å². The number of nitrogens with one attached hydrogen (secondary N) is 2. The summed E-state index contributed by atoms with van der Waals surface area (Å²) >= 11 is 0. The minimum absolute atomic E-state index is 0.0570. The van der Waals surface area contributed by atoms with Gasteiger partial charge in [-0.25, -0.2) is 10.1 Å². The SMILES string of the molecule is N=C(N)N(CCCC(N)CNCCCCN)[N+](=O)[O-]. The molecule has 0 aliphatic heterocycles. The van der Waals surface area contributed by atoms with Crippen LogP contribution in [-0.2, 0) is 0 Å². The summed E-state index contributed by atoms with van der Waals surface area (Å²) in [5.74, 6) is -0.557. The Balaban J connectivity index is 3.64. The normalized spacial score (nSPS) is 12.1. The zero-order valence-corrected chi connectivity index (χ0v) is 11.2. The van der Waals surface area contributed by atoms with Crippen LogP contribution < -0.4 is 22.5 Å². The Hall–Kier alpha value is -1.45. The molecule has 0 aromatic carbocycles. The monoisotopic (exact) mass is 275 g/mol. The summed E-state index contributed by atoms with van der Waals surface area (Å²) in [7, 11) is 0. The van der Waals surface area contributed by atoms with Gasteiger partial charge in [-0.05, 0) is 38.8 Å². The van der Waals surface area contributed by atoms with Crippen molar-refractivity contribution in [2.75, 3.05) is 26.2 Å². The predicted octanol–water partition coefficient (Wildman–Crippen LogP) is -1.19. The van der Waals surface area contributed by atoms with Crippen molar-refractivity contribution in [1.82, 2.24) is 10.3 Å². The molecule has 9 heteroatoms. The molecule has 0 aromatic heterocycles. The van der Waals surface area contributed by atoms with Crippen LogP contribution in [0.25, 0.3) is 0 Å². The van der Waals surface area contributed by atoms with Crippen LogP contribution in [-0.4, -0.2) is 48.2 Å². The van der Waals surface area contributed by atoms with Gasteiger partial charge in [-0.15, -0.1) is 0 Å². The molecule has 0 bridgehead atoms. The van der Waals surface area contributed by atoms with Gasteiger partial charge in [0.05, 0.1) is 6.54 Å². The lowest BCUT2D eigenvalue weighted by Crippen LogP contribution is -2.42. The largest absolute Gasteiger partial charge is 0.365 e. The number of nitrogens with zero attached hydrogens (tertiary/aromatic N) is 2.